The maximum absolute atomic E-state index is 12.2. The third-order valence-electron chi connectivity index (χ3n) is 3.87. The number of piperidine rings is 1. The van der Waals surface area contributed by atoms with Gasteiger partial charge in [-0.25, -0.2) is 4.98 Å². The first-order chi connectivity index (χ1) is 9.72. The minimum atomic E-state index is 0.0626. The van der Waals surface area contributed by atoms with Gasteiger partial charge in [0.2, 0.25) is 5.91 Å². The highest BCUT2D eigenvalue weighted by atomic mass is 32.1. The Morgan fingerprint density at radius 2 is 2.40 bits per heavy atom. The minimum absolute atomic E-state index is 0.0626. The Bertz CT molecular complexity index is 619. The lowest BCUT2D eigenvalue weighted by atomic mass is 9.99. The van der Waals surface area contributed by atoms with Crippen LogP contribution in [-0.2, 0) is 9.53 Å². The number of hydrogen-bond donors (Lipinski definition) is 0. The normalized spacial score (nSPS) is 19.7. The van der Waals surface area contributed by atoms with Gasteiger partial charge in [-0.2, -0.15) is 0 Å². The Labute approximate surface area is 122 Å². The Kier molecular flexibility index (Phi) is 3.76. The SMILES string of the molecule is COCC(=O)N1CCCCC1c1nc(C)n2ccsc12. The van der Waals surface area contributed by atoms with Gasteiger partial charge in [0, 0.05) is 25.2 Å². The molecule has 0 saturated carbocycles. The van der Waals surface area contributed by atoms with Crippen LogP contribution in [0.1, 0.15) is 36.8 Å². The molecule has 5 nitrogen and oxygen atoms in total. The van der Waals surface area contributed by atoms with Gasteiger partial charge < -0.3 is 9.64 Å². The standard InChI is InChI=1S/C14H19N3O2S/c1-10-15-13(14-16(10)7-8-20-14)11-5-3-4-6-17(11)12(18)9-19-2/h7-8,11H,3-6,9H2,1-2H3. The lowest BCUT2D eigenvalue weighted by Gasteiger charge is -2.34. The summed E-state index contributed by atoms with van der Waals surface area (Å²) in [7, 11) is 1.56. The molecule has 3 heterocycles. The van der Waals surface area contributed by atoms with E-state index in [0.717, 1.165) is 42.2 Å². The number of fused-ring (bicyclic) bond motifs is 1. The number of hydrogen-bond acceptors (Lipinski definition) is 4. The number of aromatic nitrogens is 2. The average Bonchev–Trinajstić information content (AvgIpc) is 3.04. The second-order valence-corrected chi connectivity index (χ2v) is 6.05. The Morgan fingerprint density at radius 3 is 3.20 bits per heavy atom. The fraction of sp³-hybridized carbons (Fsp3) is 0.571. The van der Waals surface area contributed by atoms with Crippen LogP contribution >= 0.6 is 11.3 Å². The van der Waals surface area contributed by atoms with E-state index in [-0.39, 0.29) is 18.6 Å². The molecule has 0 radical (unpaired) electrons. The van der Waals surface area contributed by atoms with Crippen LogP contribution in [0, 0.1) is 6.92 Å². The van der Waals surface area contributed by atoms with E-state index in [1.54, 1.807) is 18.4 Å². The topological polar surface area (TPSA) is 46.8 Å². The van der Waals surface area contributed by atoms with E-state index in [0.29, 0.717) is 0 Å². The predicted molar refractivity (Wildman–Crippen MR) is 78.0 cm³/mol. The van der Waals surface area contributed by atoms with E-state index in [1.165, 1.54) is 0 Å². The molecule has 2 aromatic rings. The molecule has 1 unspecified atom stereocenters. The maximum atomic E-state index is 12.2. The molecule has 0 bridgehead atoms. The molecule has 3 rings (SSSR count). The fourth-order valence-corrected chi connectivity index (χ4v) is 3.85. The molecule has 0 aromatic carbocycles. The molecule has 1 fully saturated rings. The van der Waals surface area contributed by atoms with Crippen molar-refractivity contribution in [1.29, 1.82) is 0 Å². The molecule has 1 saturated heterocycles. The van der Waals surface area contributed by atoms with Gasteiger partial charge in [-0.1, -0.05) is 0 Å². The van der Waals surface area contributed by atoms with Crippen molar-refractivity contribution in [3.8, 4) is 0 Å². The van der Waals surface area contributed by atoms with Crippen molar-refractivity contribution < 1.29 is 9.53 Å². The highest BCUT2D eigenvalue weighted by Gasteiger charge is 2.31. The minimum Gasteiger partial charge on any atom is -0.375 e. The highest BCUT2D eigenvalue weighted by molar-refractivity contribution is 7.15. The molecule has 1 aliphatic rings. The summed E-state index contributed by atoms with van der Waals surface area (Å²) in [4.78, 5) is 20.0. The van der Waals surface area contributed by atoms with E-state index in [2.05, 4.69) is 9.78 Å². The number of carbonyl (C=O) groups excluding carboxylic acids is 1. The Hall–Kier alpha value is -1.40. The number of thiazole rings is 1. The molecule has 1 atom stereocenters. The second kappa shape index (κ2) is 5.54. The molecular formula is C14H19N3O2S. The van der Waals surface area contributed by atoms with E-state index < -0.39 is 0 Å². The average molecular weight is 293 g/mol. The smallest absolute Gasteiger partial charge is 0.249 e. The van der Waals surface area contributed by atoms with Crippen LogP contribution in [0.25, 0.3) is 4.83 Å². The third-order valence-corrected chi connectivity index (χ3v) is 4.75. The largest absolute Gasteiger partial charge is 0.375 e. The number of nitrogens with zero attached hydrogens (tertiary/aromatic N) is 3. The van der Waals surface area contributed by atoms with Gasteiger partial charge in [-0.3, -0.25) is 9.20 Å². The van der Waals surface area contributed by atoms with Gasteiger partial charge in [-0.05, 0) is 26.2 Å². The van der Waals surface area contributed by atoms with Gasteiger partial charge in [-0.15, -0.1) is 11.3 Å². The number of imidazole rings is 1. The van der Waals surface area contributed by atoms with Gasteiger partial charge in [0.05, 0.1) is 11.7 Å². The van der Waals surface area contributed by atoms with Crippen LogP contribution in [0.3, 0.4) is 0 Å². The van der Waals surface area contributed by atoms with Crippen molar-refractivity contribution in [3.63, 3.8) is 0 Å². The monoisotopic (exact) mass is 293 g/mol. The quantitative estimate of drug-likeness (QED) is 0.873. The zero-order chi connectivity index (χ0) is 14.1. The van der Waals surface area contributed by atoms with Crippen LogP contribution in [0.2, 0.25) is 0 Å². The molecule has 108 valence electrons. The van der Waals surface area contributed by atoms with Crippen LogP contribution in [0.4, 0.5) is 0 Å². The summed E-state index contributed by atoms with van der Waals surface area (Å²) < 4.78 is 7.11. The van der Waals surface area contributed by atoms with Crippen LogP contribution in [0.5, 0.6) is 0 Å². The molecule has 6 heteroatoms. The van der Waals surface area contributed by atoms with E-state index in [4.69, 9.17) is 9.72 Å². The summed E-state index contributed by atoms with van der Waals surface area (Å²) in [5.41, 5.74) is 1.04. The third kappa shape index (κ3) is 2.23. The molecule has 1 amide bonds. The lowest BCUT2D eigenvalue weighted by molar-refractivity contribution is -0.139. The van der Waals surface area contributed by atoms with Crippen LogP contribution < -0.4 is 0 Å². The van der Waals surface area contributed by atoms with Gasteiger partial charge in [0.15, 0.2) is 0 Å². The van der Waals surface area contributed by atoms with E-state index in [1.807, 2.05) is 18.0 Å². The van der Waals surface area contributed by atoms with Gasteiger partial charge in [0.25, 0.3) is 0 Å². The van der Waals surface area contributed by atoms with Crippen molar-refractivity contribution in [1.82, 2.24) is 14.3 Å². The Morgan fingerprint density at radius 1 is 1.55 bits per heavy atom. The molecule has 1 aliphatic heterocycles. The Balaban J connectivity index is 1.97. The van der Waals surface area contributed by atoms with Crippen LogP contribution in [0.15, 0.2) is 11.6 Å². The van der Waals surface area contributed by atoms with E-state index >= 15 is 0 Å². The first-order valence-corrected chi connectivity index (χ1v) is 7.80. The summed E-state index contributed by atoms with van der Waals surface area (Å²) in [5, 5.41) is 2.07. The fourth-order valence-electron chi connectivity index (χ4n) is 2.93. The predicted octanol–water partition coefficient (Wildman–Crippen LogP) is 2.40. The number of likely N-dealkylation sites (tertiary alicyclic amines) is 1. The molecule has 20 heavy (non-hydrogen) atoms. The molecule has 2 aromatic heterocycles. The summed E-state index contributed by atoms with van der Waals surface area (Å²) in [6, 6.07) is 0.0914. The molecular weight excluding hydrogens is 274 g/mol. The first kappa shape index (κ1) is 13.6. The number of rotatable bonds is 3. The summed E-state index contributed by atoms with van der Waals surface area (Å²) in [6.07, 6.45) is 5.23. The summed E-state index contributed by atoms with van der Waals surface area (Å²) in [6.45, 7) is 2.96. The van der Waals surface area contributed by atoms with E-state index in [9.17, 15) is 4.79 Å². The van der Waals surface area contributed by atoms with Crippen molar-refractivity contribution >= 4 is 22.1 Å². The maximum Gasteiger partial charge on any atom is 0.249 e. The molecule has 0 spiro atoms. The number of carbonyl (C=O) groups is 1. The highest BCUT2D eigenvalue weighted by Crippen LogP contribution is 2.34. The molecule has 0 N–H and O–H groups in total. The number of methoxy groups -OCH3 is 1. The van der Waals surface area contributed by atoms with Crippen molar-refractivity contribution in [2.45, 2.75) is 32.2 Å². The zero-order valence-corrected chi connectivity index (χ0v) is 12.7. The summed E-state index contributed by atoms with van der Waals surface area (Å²) in [5.74, 6) is 1.05. The van der Waals surface area contributed by atoms with Gasteiger partial charge in [0.1, 0.15) is 17.3 Å². The van der Waals surface area contributed by atoms with Crippen molar-refractivity contribution in [2.75, 3.05) is 20.3 Å². The van der Waals surface area contributed by atoms with Crippen LogP contribution in [-0.4, -0.2) is 40.5 Å². The molecule has 0 aliphatic carbocycles. The number of ether oxygens (including phenoxy) is 1. The summed E-state index contributed by atoms with van der Waals surface area (Å²) >= 11 is 1.69. The lowest BCUT2D eigenvalue weighted by Crippen LogP contribution is -2.40. The first-order valence-electron chi connectivity index (χ1n) is 6.93. The van der Waals surface area contributed by atoms with Crippen molar-refractivity contribution in [2.24, 2.45) is 0 Å². The second-order valence-electron chi connectivity index (χ2n) is 5.15. The number of amides is 1. The zero-order valence-electron chi connectivity index (χ0n) is 11.8. The van der Waals surface area contributed by atoms with Gasteiger partial charge >= 0.3 is 0 Å². The van der Waals surface area contributed by atoms with Crippen molar-refractivity contribution in [3.05, 3.63) is 23.1 Å². The number of aryl methyl sites for hydroxylation is 1.